The van der Waals surface area contributed by atoms with Gasteiger partial charge in [-0.25, -0.2) is 9.37 Å². The normalized spacial score (nSPS) is 10.5. The molecule has 0 spiro atoms. The third-order valence-corrected chi connectivity index (χ3v) is 4.74. The number of aromatic nitrogens is 1. The summed E-state index contributed by atoms with van der Waals surface area (Å²) in [6.07, 6.45) is 0. The average Bonchev–Trinajstić information content (AvgIpc) is 3.08. The van der Waals surface area contributed by atoms with Crippen LogP contribution in [0.3, 0.4) is 0 Å². The highest BCUT2D eigenvalue weighted by Gasteiger charge is 2.13. The van der Waals surface area contributed by atoms with E-state index in [9.17, 15) is 9.18 Å². The van der Waals surface area contributed by atoms with Gasteiger partial charge in [0.05, 0.1) is 19.9 Å². The number of anilines is 1. The van der Waals surface area contributed by atoms with Crippen LogP contribution in [0.15, 0.2) is 46.3 Å². The first-order valence-corrected chi connectivity index (χ1v) is 9.13. The largest absolute Gasteiger partial charge is 0.493 e. The molecule has 2 aromatic carbocycles. The van der Waals surface area contributed by atoms with Crippen LogP contribution in [-0.4, -0.2) is 25.1 Å². The lowest BCUT2D eigenvalue weighted by Gasteiger charge is -2.08. The standard InChI is InChI=1S/C18H14BrFN2O3S/c1-24-15-4-3-10(7-16(15)25-2)14-9-26-18(21-14)22-17(23)11-5-12(19)8-13(20)6-11/h3-9H,1-2H3,(H,21,22,23). The van der Waals surface area contributed by atoms with Gasteiger partial charge >= 0.3 is 0 Å². The van der Waals surface area contributed by atoms with Gasteiger partial charge in [0.25, 0.3) is 5.91 Å². The summed E-state index contributed by atoms with van der Waals surface area (Å²) in [4.78, 5) is 16.7. The Labute approximate surface area is 161 Å². The van der Waals surface area contributed by atoms with Crippen LogP contribution in [0.25, 0.3) is 11.3 Å². The molecule has 0 radical (unpaired) electrons. The highest BCUT2D eigenvalue weighted by Crippen LogP contribution is 2.33. The third-order valence-electron chi connectivity index (χ3n) is 3.53. The second kappa shape index (κ2) is 7.84. The summed E-state index contributed by atoms with van der Waals surface area (Å²) in [7, 11) is 3.13. The predicted octanol–water partition coefficient (Wildman–Crippen LogP) is 4.98. The van der Waals surface area contributed by atoms with E-state index in [-0.39, 0.29) is 5.56 Å². The Balaban J connectivity index is 1.80. The van der Waals surface area contributed by atoms with E-state index in [0.29, 0.717) is 26.8 Å². The van der Waals surface area contributed by atoms with Gasteiger partial charge in [0.15, 0.2) is 16.6 Å². The van der Waals surface area contributed by atoms with E-state index in [1.807, 2.05) is 17.5 Å². The van der Waals surface area contributed by atoms with Crippen LogP contribution in [0.4, 0.5) is 9.52 Å². The molecule has 0 saturated heterocycles. The minimum absolute atomic E-state index is 0.208. The van der Waals surface area contributed by atoms with Gasteiger partial charge in [-0.1, -0.05) is 15.9 Å². The van der Waals surface area contributed by atoms with Crippen molar-refractivity contribution in [3.63, 3.8) is 0 Å². The smallest absolute Gasteiger partial charge is 0.257 e. The number of hydrogen-bond acceptors (Lipinski definition) is 5. The predicted molar refractivity (Wildman–Crippen MR) is 103 cm³/mol. The molecule has 0 aliphatic heterocycles. The van der Waals surface area contributed by atoms with E-state index in [4.69, 9.17) is 9.47 Å². The molecule has 0 aliphatic rings. The van der Waals surface area contributed by atoms with Crippen LogP contribution in [0.1, 0.15) is 10.4 Å². The first kappa shape index (κ1) is 18.3. The van der Waals surface area contributed by atoms with Crippen LogP contribution >= 0.6 is 27.3 Å². The Kier molecular flexibility index (Phi) is 5.53. The van der Waals surface area contributed by atoms with Gasteiger partial charge in [0, 0.05) is 21.0 Å². The number of rotatable bonds is 5. The lowest BCUT2D eigenvalue weighted by molar-refractivity contribution is 0.102. The van der Waals surface area contributed by atoms with Crippen molar-refractivity contribution in [2.45, 2.75) is 0 Å². The fourth-order valence-electron chi connectivity index (χ4n) is 2.31. The van der Waals surface area contributed by atoms with Gasteiger partial charge in [-0.3, -0.25) is 10.1 Å². The summed E-state index contributed by atoms with van der Waals surface area (Å²) in [6, 6.07) is 9.45. The van der Waals surface area contributed by atoms with Crippen LogP contribution in [0.2, 0.25) is 0 Å². The number of halogens is 2. The van der Waals surface area contributed by atoms with Gasteiger partial charge in [-0.05, 0) is 36.4 Å². The molecule has 0 fully saturated rings. The van der Waals surface area contributed by atoms with Gasteiger partial charge < -0.3 is 9.47 Å². The van der Waals surface area contributed by atoms with Crippen molar-refractivity contribution in [3.05, 3.63) is 57.6 Å². The second-order valence-electron chi connectivity index (χ2n) is 5.22. The summed E-state index contributed by atoms with van der Waals surface area (Å²) in [5.74, 6) is 0.290. The van der Waals surface area contributed by atoms with Crippen molar-refractivity contribution in [1.29, 1.82) is 0 Å². The number of benzene rings is 2. The molecule has 0 bridgehead atoms. The van der Waals surface area contributed by atoms with Crippen molar-refractivity contribution in [3.8, 4) is 22.8 Å². The summed E-state index contributed by atoms with van der Waals surface area (Å²) in [5.41, 5.74) is 1.72. The number of methoxy groups -OCH3 is 2. The van der Waals surface area contributed by atoms with E-state index in [2.05, 4.69) is 26.2 Å². The molecule has 1 aromatic heterocycles. The van der Waals surface area contributed by atoms with Crippen molar-refractivity contribution in [1.82, 2.24) is 4.98 Å². The zero-order chi connectivity index (χ0) is 18.7. The quantitative estimate of drug-likeness (QED) is 0.612. The molecule has 0 unspecified atom stereocenters. The Hall–Kier alpha value is -2.45. The van der Waals surface area contributed by atoms with Crippen molar-refractivity contribution in [2.75, 3.05) is 19.5 Å². The first-order chi connectivity index (χ1) is 12.5. The van der Waals surface area contributed by atoms with Gasteiger partial charge in [0.1, 0.15) is 5.82 Å². The maximum absolute atomic E-state index is 13.4. The van der Waals surface area contributed by atoms with Crippen molar-refractivity contribution < 1.29 is 18.7 Å². The lowest BCUT2D eigenvalue weighted by atomic mass is 10.1. The number of nitrogens with one attached hydrogen (secondary N) is 1. The molecule has 1 amide bonds. The van der Waals surface area contributed by atoms with Crippen molar-refractivity contribution >= 4 is 38.3 Å². The maximum atomic E-state index is 13.4. The summed E-state index contributed by atoms with van der Waals surface area (Å²) in [6.45, 7) is 0. The molecule has 0 atom stereocenters. The second-order valence-corrected chi connectivity index (χ2v) is 6.99. The molecule has 3 aromatic rings. The summed E-state index contributed by atoms with van der Waals surface area (Å²) in [5, 5.41) is 4.91. The zero-order valence-corrected chi connectivity index (χ0v) is 16.3. The minimum Gasteiger partial charge on any atom is -0.493 e. The van der Waals surface area contributed by atoms with Crippen LogP contribution < -0.4 is 14.8 Å². The van der Waals surface area contributed by atoms with Crippen LogP contribution in [-0.2, 0) is 0 Å². The third kappa shape index (κ3) is 4.03. The number of hydrogen-bond donors (Lipinski definition) is 1. The first-order valence-electron chi connectivity index (χ1n) is 7.45. The van der Waals surface area contributed by atoms with Crippen molar-refractivity contribution in [2.24, 2.45) is 0 Å². The number of thiazole rings is 1. The van der Waals surface area contributed by atoms with E-state index in [1.165, 1.54) is 23.5 Å². The molecule has 5 nitrogen and oxygen atoms in total. The fourth-order valence-corrected chi connectivity index (χ4v) is 3.49. The molecule has 1 heterocycles. The van der Waals surface area contributed by atoms with Gasteiger partial charge in [0.2, 0.25) is 0 Å². The Morgan fingerprint density at radius 3 is 2.62 bits per heavy atom. The summed E-state index contributed by atoms with van der Waals surface area (Å²) >= 11 is 4.45. The molecule has 0 saturated carbocycles. The van der Waals surface area contributed by atoms with E-state index >= 15 is 0 Å². The van der Waals surface area contributed by atoms with Gasteiger partial charge in [-0.2, -0.15) is 0 Å². The average molecular weight is 437 g/mol. The Bertz CT molecular complexity index is 941. The van der Waals surface area contributed by atoms with E-state index < -0.39 is 11.7 Å². The maximum Gasteiger partial charge on any atom is 0.257 e. The number of ether oxygens (including phenoxy) is 2. The molecule has 134 valence electrons. The SMILES string of the molecule is COc1ccc(-c2csc(NC(=O)c3cc(F)cc(Br)c3)n2)cc1OC. The number of carbonyl (C=O) groups is 1. The Morgan fingerprint density at radius 2 is 1.92 bits per heavy atom. The van der Waals surface area contributed by atoms with Gasteiger partial charge in [-0.15, -0.1) is 11.3 Å². The van der Waals surface area contributed by atoms with Crippen LogP contribution in [0.5, 0.6) is 11.5 Å². The monoisotopic (exact) mass is 436 g/mol. The highest BCUT2D eigenvalue weighted by atomic mass is 79.9. The molecule has 1 N–H and O–H groups in total. The minimum atomic E-state index is -0.491. The Morgan fingerprint density at radius 1 is 1.15 bits per heavy atom. The topological polar surface area (TPSA) is 60.5 Å². The number of nitrogens with zero attached hydrogens (tertiary/aromatic N) is 1. The molecular formula is C18H14BrFN2O3S. The molecule has 8 heteroatoms. The highest BCUT2D eigenvalue weighted by molar-refractivity contribution is 9.10. The fraction of sp³-hybridized carbons (Fsp3) is 0.111. The van der Waals surface area contributed by atoms with Crippen LogP contribution in [0, 0.1) is 5.82 Å². The zero-order valence-electron chi connectivity index (χ0n) is 13.9. The molecule has 0 aliphatic carbocycles. The van der Waals surface area contributed by atoms with E-state index in [0.717, 1.165) is 5.56 Å². The number of amides is 1. The summed E-state index contributed by atoms with van der Waals surface area (Å²) < 4.78 is 24.4. The lowest BCUT2D eigenvalue weighted by Crippen LogP contribution is -2.12. The molecular weight excluding hydrogens is 423 g/mol. The molecule has 26 heavy (non-hydrogen) atoms. The number of carbonyl (C=O) groups excluding carboxylic acids is 1. The molecule has 3 rings (SSSR count). The van der Waals surface area contributed by atoms with E-state index in [1.54, 1.807) is 26.4 Å².